The van der Waals surface area contributed by atoms with Gasteiger partial charge in [0, 0.05) is 5.56 Å². The summed E-state index contributed by atoms with van der Waals surface area (Å²) in [6.07, 6.45) is -1.73. The molecule has 0 saturated heterocycles. The highest BCUT2D eigenvalue weighted by atomic mass is 19.4. The van der Waals surface area contributed by atoms with Gasteiger partial charge in [-0.15, -0.1) is 0 Å². The number of halogens is 3. The molecule has 0 amide bonds. The largest absolute Gasteiger partial charge is 0.487 e. The van der Waals surface area contributed by atoms with Crippen LogP contribution in [0.25, 0.3) is 6.08 Å². The summed E-state index contributed by atoms with van der Waals surface area (Å²) < 4.78 is 49.2. The van der Waals surface area contributed by atoms with E-state index in [2.05, 4.69) is 0 Å². The predicted octanol–water partition coefficient (Wildman–Crippen LogP) is 6.18. The van der Waals surface area contributed by atoms with Gasteiger partial charge in [0.15, 0.2) is 17.3 Å². The highest BCUT2D eigenvalue weighted by Gasteiger charge is 2.29. The van der Waals surface area contributed by atoms with Crippen LogP contribution in [0.5, 0.6) is 11.5 Å². The monoisotopic (exact) mass is 392 g/mol. The third-order valence-corrected chi connectivity index (χ3v) is 3.62. The van der Waals surface area contributed by atoms with Gasteiger partial charge in [0.05, 0.1) is 17.8 Å². The van der Waals surface area contributed by atoms with E-state index < -0.39 is 11.7 Å². The van der Waals surface area contributed by atoms with Crippen molar-refractivity contribution in [3.05, 3.63) is 65.2 Å². The molecule has 0 aliphatic heterocycles. The molecule has 2 aromatic carbocycles. The van der Waals surface area contributed by atoms with E-state index in [0.29, 0.717) is 22.6 Å². The molecule has 0 aromatic heterocycles. The first-order valence-electron chi connectivity index (χ1n) is 8.93. The highest BCUT2D eigenvalue weighted by molar-refractivity contribution is 6.07. The summed E-state index contributed by atoms with van der Waals surface area (Å²) in [5.41, 5.74) is 0.168. The number of carbonyl (C=O) groups is 1. The van der Waals surface area contributed by atoms with Gasteiger partial charge in [0.25, 0.3) is 0 Å². The number of hydrogen-bond donors (Lipinski definition) is 0. The lowest BCUT2D eigenvalue weighted by molar-refractivity contribution is -0.137. The number of ether oxygens (including phenoxy) is 2. The molecule has 0 saturated carbocycles. The molecule has 0 atom stereocenters. The Morgan fingerprint density at radius 3 is 2.00 bits per heavy atom. The Labute approximate surface area is 162 Å². The maximum absolute atomic E-state index is 12.6. The fourth-order valence-corrected chi connectivity index (χ4v) is 2.41. The van der Waals surface area contributed by atoms with Crippen molar-refractivity contribution in [2.24, 2.45) is 0 Å². The number of carbonyl (C=O) groups excluding carboxylic acids is 1. The molecule has 150 valence electrons. The second-order valence-corrected chi connectivity index (χ2v) is 6.81. The molecule has 3 nitrogen and oxygen atoms in total. The van der Waals surface area contributed by atoms with Crippen molar-refractivity contribution in [1.82, 2.24) is 0 Å². The van der Waals surface area contributed by atoms with Gasteiger partial charge in [-0.05, 0) is 69.7 Å². The van der Waals surface area contributed by atoms with Gasteiger partial charge in [-0.3, -0.25) is 4.79 Å². The van der Waals surface area contributed by atoms with E-state index in [-0.39, 0.29) is 18.0 Å². The van der Waals surface area contributed by atoms with E-state index in [4.69, 9.17) is 9.47 Å². The van der Waals surface area contributed by atoms with Crippen LogP contribution < -0.4 is 9.47 Å². The Bertz CT molecular complexity index is 835. The molecule has 0 N–H and O–H groups in total. The normalized spacial score (nSPS) is 12.0. The van der Waals surface area contributed by atoms with Crippen molar-refractivity contribution < 1.29 is 27.4 Å². The Balaban J connectivity index is 2.20. The minimum atomic E-state index is -4.38. The second-order valence-electron chi connectivity index (χ2n) is 6.81. The number of rotatable bonds is 7. The van der Waals surface area contributed by atoms with Crippen LogP contribution in [0.2, 0.25) is 0 Å². The molecule has 0 fully saturated rings. The van der Waals surface area contributed by atoms with E-state index >= 15 is 0 Å². The van der Waals surface area contributed by atoms with Gasteiger partial charge in [-0.1, -0.05) is 18.2 Å². The fraction of sp³-hybridized carbons (Fsp3) is 0.318. The summed E-state index contributed by atoms with van der Waals surface area (Å²) in [7, 11) is 0. The second kappa shape index (κ2) is 8.95. The lowest BCUT2D eigenvalue weighted by Gasteiger charge is -2.17. The summed E-state index contributed by atoms with van der Waals surface area (Å²) in [5, 5.41) is 0. The molecule has 28 heavy (non-hydrogen) atoms. The maximum atomic E-state index is 12.6. The Hall–Kier alpha value is -2.76. The number of ketones is 1. The van der Waals surface area contributed by atoms with Crippen molar-refractivity contribution in [3.63, 3.8) is 0 Å². The average molecular weight is 392 g/mol. The Morgan fingerprint density at radius 2 is 1.46 bits per heavy atom. The minimum Gasteiger partial charge on any atom is -0.487 e. The lowest BCUT2D eigenvalue weighted by Crippen LogP contribution is -2.11. The molecule has 0 aliphatic carbocycles. The number of allylic oxidation sites excluding steroid dienone is 1. The number of alkyl halides is 3. The summed E-state index contributed by atoms with van der Waals surface area (Å²) in [6, 6.07) is 9.52. The maximum Gasteiger partial charge on any atom is 0.416 e. The van der Waals surface area contributed by atoms with E-state index in [1.165, 1.54) is 24.3 Å². The number of hydrogen-bond acceptors (Lipinski definition) is 3. The van der Waals surface area contributed by atoms with Gasteiger partial charge < -0.3 is 9.47 Å². The first kappa shape index (κ1) is 21.5. The number of benzene rings is 2. The van der Waals surface area contributed by atoms with Crippen LogP contribution in [0.15, 0.2) is 48.5 Å². The average Bonchev–Trinajstić information content (AvgIpc) is 2.60. The third kappa shape index (κ3) is 6.15. The van der Waals surface area contributed by atoms with Crippen molar-refractivity contribution in [2.75, 3.05) is 0 Å². The van der Waals surface area contributed by atoms with Gasteiger partial charge in [-0.2, -0.15) is 13.2 Å². The molecular weight excluding hydrogens is 369 g/mol. The van der Waals surface area contributed by atoms with Crippen LogP contribution in [0.4, 0.5) is 13.2 Å². The summed E-state index contributed by atoms with van der Waals surface area (Å²) in [6.45, 7) is 7.53. The quantitative estimate of drug-likeness (QED) is 0.417. The smallest absolute Gasteiger partial charge is 0.416 e. The van der Waals surface area contributed by atoms with Crippen LogP contribution >= 0.6 is 0 Å². The molecule has 0 spiro atoms. The topological polar surface area (TPSA) is 35.5 Å². The molecule has 2 rings (SSSR count). The standard InChI is InChI=1S/C22H23F3O3/c1-14(2)27-20-12-8-17(13-21(20)28-15(3)4)19(26)11-7-16-5-9-18(10-6-16)22(23,24)25/h5-15H,1-4H3. The summed E-state index contributed by atoms with van der Waals surface area (Å²) in [5.74, 6) is 0.731. The van der Waals surface area contributed by atoms with Crippen LogP contribution in [0.1, 0.15) is 49.2 Å². The van der Waals surface area contributed by atoms with Gasteiger partial charge in [0.1, 0.15) is 0 Å². The zero-order valence-electron chi connectivity index (χ0n) is 16.2. The molecule has 0 radical (unpaired) electrons. The van der Waals surface area contributed by atoms with Crippen LogP contribution in [-0.4, -0.2) is 18.0 Å². The highest BCUT2D eigenvalue weighted by Crippen LogP contribution is 2.31. The van der Waals surface area contributed by atoms with Crippen molar-refractivity contribution >= 4 is 11.9 Å². The summed E-state index contributed by atoms with van der Waals surface area (Å²) in [4.78, 5) is 12.5. The zero-order valence-corrected chi connectivity index (χ0v) is 16.2. The van der Waals surface area contributed by atoms with Crippen molar-refractivity contribution in [1.29, 1.82) is 0 Å². The SMILES string of the molecule is CC(C)Oc1ccc(C(=O)C=Cc2ccc(C(F)(F)F)cc2)cc1OC(C)C. The zero-order chi connectivity index (χ0) is 20.9. The van der Waals surface area contributed by atoms with Crippen LogP contribution in [0, 0.1) is 0 Å². The van der Waals surface area contributed by atoms with Gasteiger partial charge in [0.2, 0.25) is 0 Å². The molecule has 6 heteroatoms. The van der Waals surface area contributed by atoms with Crippen LogP contribution in [0.3, 0.4) is 0 Å². The molecule has 0 unspecified atom stereocenters. The van der Waals surface area contributed by atoms with E-state index in [0.717, 1.165) is 12.1 Å². The van der Waals surface area contributed by atoms with E-state index in [1.807, 2.05) is 27.7 Å². The third-order valence-electron chi connectivity index (χ3n) is 3.62. The summed E-state index contributed by atoms with van der Waals surface area (Å²) >= 11 is 0. The van der Waals surface area contributed by atoms with Gasteiger partial charge in [-0.25, -0.2) is 0 Å². The lowest BCUT2D eigenvalue weighted by atomic mass is 10.1. The molecule has 0 aliphatic rings. The molecular formula is C22H23F3O3. The van der Waals surface area contributed by atoms with E-state index in [9.17, 15) is 18.0 Å². The molecule has 0 bridgehead atoms. The minimum absolute atomic E-state index is 0.0457. The van der Waals surface area contributed by atoms with Crippen molar-refractivity contribution in [3.8, 4) is 11.5 Å². The van der Waals surface area contributed by atoms with Crippen molar-refractivity contribution in [2.45, 2.75) is 46.1 Å². The first-order valence-corrected chi connectivity index (χ1v) is 8.93. The van der Waals surface area contributed by atoms with Crippen LogP contribution in [-0.2, 0) is 6.18 Å². The van der Waals surface area contributed by atoms with Gasteiger partial charge >= 0.3 is 6.18 Å². The van der Waals surface area contributed by atoms with E-state index in [1.54, 1.807) is 18.2 Å². The molecule has 2 aromatic rings. The first-order chi connectivity index (χ1) is 13.1. The Morgan fingerprint density at radius 1 is 0.893 bits per heavy atom. The Kier molecular flexibility index (Phi) is 6.89. The predicted molar refractivity (Wildman–Crippen MR) is 103 cm³/mol. The fourth-order valence-electron chi connectivity index (χ4n) is 2.41. The molecule has 0 heterocycles.